The number of aryl methyl sites for hydroxylation is 2. The molecule has 1 aliphatic carbocycles. The summed E-state index contributed by atoms with van der Waals surface area (Å²) < 4.78 is 0. The first kappa shape index (κ1) is 15.5. The van der Waals surface area contributed by atoms with E-state index in [4.69, 9.17) is 0 Å². The molecule has 0 aromatic heterocycles. The Bertz CT molecular complexity index is 519. The SMILES string of the molecule is Cc1ccccc1CCC(=O)NCC1(C(=O)O)CCCC1. The minimum atomic E-state index is -0.779. The number of hydrogen-bond acceptors (Lipinski definition) is 2. The van der Waals surface area contributed by atoms with Crippen LogP contribution in [0.1, 0.15) is 43.2 Å². The number of aliphatic carboxylic acids is 1. The molecular weight excluding hydrogens is 266 g/mol. The van der Waals surface area contributed by atoms with E-state index in [1.165, 1.54) is 11.1 Å². The lowest BCUT2D eigenvalue weighted by Crippen LogP contribution is -2.41. The standard InChI is InChI=1S/C17H23NO3/c1-13-6-2-3-7-14(13)8-9-15(19)18-12-17(16(20)21)10-4-5-11-17/h2-3,6-7H,4-5,8-12H2,1H3,(H,18,19)(H,20,21). The minimum Gasteiger partial charge on any atom is -0.481 e. The number of carbonyl (C=O) groups excluding carboxylic acids is 1. The molecule has 21 heavy (non-hydrogen) atoms. The van der Waals surface area contributed by atoms with Gasteiger partial charge >= 0.3 is 5.97 Å². The largest absolute Gasteiger partial charge is 0.481 e. The summed E-state index contributed by atoms with van der Waals surface area (Å²) in [7, 11) is 0. The van der Waals surface area contributed by atoms with Crippen molar-refractivity contribution in [2.45, 2.75) is 45.4 Å². The van der Waals surface area contributed by atoms with Crippen LogP contribution in [-0.2, 0) is 16.0 Å². The first-order valence-electron chi connectivity index (χ1n) is 7.58. The molecule has 1 amide bonds. The summed E-state index contributed by atoms with van der Waals surface area (Å²) in [5, 5.41) is 12.2. The molecule has 0 saturated heterocycles. The van der Waals surface area contributed by atoms with Gasteiger partial charge in [-0.3, -0.25) is 9.59 Å². The third-order valence-electron chi connectivity index (χ3n) is 4.52. The van der Waals surface area contributed by atoms with Crippen molar-refractivity contribution in [3.8, 4) is 0 Å². The number of rotatable bonds is 6. The highest BCUT2D eigenvalue weighted by Gasteiger charge is 2.41. The van der Waals surface area contributed by atoms with Gasteiger partial charge in [0.1, 0.15) is 0 Å². The van der Waals surface area contributed by atoms with Gasteiger partial charge in [0.2, 0.25) is 5.91 Å². The van der Waals surface area contributed by atoms with Crippen molar-refractivity contribution >= 4 is 11.9 Å². The van der Waals surface area contributed by atoms with Crippen LogP contribution in [0.25, 0.3) is 0 Å². The average molecular weight is 289 g/mol. The summed E-state index contributed by atoms with van der Waals surface area (Å²) in [5.41, 5.74) is 1.61. The maximum absolute atomic E-state index is 11.9. The van der Waals surface area contributed by atoms with Crippen LogP contribution >= 0.6 is 0 Å². The molecular formula is C17H23NO3. The fraction of sp³-hybridized carbons (Fsp3) is 0.529. The first-order chi connectivity index (χ1) is 10.0. The number of carboxylic acid groups (broad SMARTS) is 1. The lowest BCUT2D eigenvalue weighted by atomic mass is 9.86. The molecule has 4 heteroatoms. The van der Waals surface area contributed by atoms with E-state index in [1.54, 1.807) is 0 Å². The fourth-order valence-corrected chi connectivity index (χ4v) is 3.01. The molecule has 0 aliphatic heterocycles. The Hall–Kier alpha value is -1.84. The van der Waals surface area contributed by atoms with Gasteiger partial charge in [-0.1, -0.05) is 37.1 Å². The molecule has 0 atom stereocenters. The highest BCUT2D eigenvalue weighted by Crippen LogP contribution is 2.37. The zero-order valence-corrected chi connectivity index (χ0v) is 12.5. The summed E-state index contributed by atoms with van der Waals surface area (Å²) in [6.45, 7) is 2.29. The van der Waals surface area contributed by atoms with Crippen LogP contribution in [0.5, 0.6) is 0 Å². The summed E-state index contributed by atoms with van der Waals surface area (Å²) in [5.74, 6) is -0.843. The fourth-order valence-electron chi connectivity index (χ4n) is 3.01. The molecule has 1 aromatic rings. The number of carboxylic acids is 1. The van der Waals surface area contributed by atoms with E-state index in [0.717, 1.165) is 12.8 Å². The molecule has 2 N–H and O–H groups in total. The van der Waals surface area contributed by atoms with E-state index in [2.05, 4.69) is 5.32 Å². The maximum atomic E-state index is 11.9. The Morgan fingerprint density at radius 1 is 1.24 bits per heavy atom. The van der Waals surface area contributed by atoms with E-state index in [0.29, 0.717) is 25.7 Å². The monoisotopic (exact) mass is 289 g/mol. The normalized spacial score (nSPS) is 16.6. The molecule has 2 rings (SSSR count). The number of amides is 1. The van der Waals surface area contributed by atoms with Crippen LogP contribution in [0.2, 0.25) is 0 Å². The highest BCUT2D eigenvalue weighted by molar-refractivity contribution is 5.79. The summed E-state index contributed by atoms with van der Waals surface area (Å²) in [6, 6.07) is 8.01. The topological polar surface area (TPSA) is 66.4 Å². The van der Waals surface area contributed by atoms with Crippen molar-refractivity contribution < 1.29 is 14.7 Å². The average Bonchev–Trinajstić information content (AvgIpc) is 2.94. The van der Waals surface area contributed by atoms with Crippen molar-refractivity contribution in [1.29, 1.82) is 0 Å². The summed E-state index contributed by atoms with van der Waals surface area (Å²) in [4.78, 5) is 23.4. The number of hydrogen-bond donors (Lipinski definition) is 2. The predicted octanol–water partition coefficient (Wildman–Crippen LogP) is 2.69. The third kappa shape index (κ3) is 3.84. The Balaban J connectivity index is 1.82. The van der Waals surface area contributed by atoms with Gasteiger partial charge in [0, 0.05) is 13.0 Å². The van der Waals surface area contributed by atoms with E-state index >= 15 is 0 Å². The van der Waals surface area contributed by atoms with E-state index in [1.807, 2.05) is 31.2 Å². The van der Waals surface area contributed by atoms with E-state index < -0.39 is 11.4 Å². The van der Waals surface area contributed by atoms with Gasteiger partial charge in [-0.2, -0.15) is 0 Å². The zero-order valence-electron chi connectivity index (χ0n) is 12.5. The van der Waals surface area contributed by atoms with Crippen molar-refractivity contribution in [2.75, 3.05) is 6.54 Å². The lowest BCUT2D eigenvalue weighted by molar-refractivity contribution is -0.148. The molecule has 4 nitrogen and oxygen atoms in total. The summed E-state index contributed by atoms with van der Waals surface area (Å²) >= 11 is 0. The Labute approximate surface area is 125 Å². The van der Waals surface area contributed by atoms with Gasteiger partial charge < -0.3 is 10.4 Å². The predicted molar refractivity (Wildman–Crippen MR) is 81.0 cm³/mol. The molecule has 1 aliphatic rings. The molecule has 0 heterocycles. The van der Waals surface area contributed by atoms with Crippen molar-refractivity contribution in [1.82, 2.24) is 5.32 Å². The van der Waals surface area contributed by atoms with Crippen LogP contribution in [-0.4, -0.2) is 23.5 Å². The maximum Gasteiger partial charge on any atom is 0.311 e. The number of carbonyl (C=O) groups is 2. The van der Waals surface area contributed by atoms with Gasteiger partial charge in [0.05, 0.1) is 5.41 Å². The number of benzene rings is 1. The van der Waals surface area contributed by atoms with Crippen LogP contribution in [0.4, 0.5) is 0 Å². The first-order valence-corrected chi connectivity index (χ1v) is 7.58. The van der Waals surface area contributed by atoms with Crippen molar-refractivity contribution in [3.63, 3.8) is 0 Å². The second kappa shape index (κ2) is 6.74. The summed E-state index contributed by atoms with van der Waals surface area (Å²) in [6.07, 6.45) is 4.30. The molecule has 114 valence electrons. The molecule has 0 unspecified atom stereocenters. The minimum absolute atomic E-state index is 0.0641. The van der Waals surface area contributed by atoms with Gasteiger partial charge in [0.15, 0.2) is 0 Å². The van der Waals surface area contributed by atoms with Crippen LogP contribution in [0, 0.1) is 12.3 Å². The van der Waals surface area contributed by atoms with Crippen LogP contribution in [0.15, 0.2) is 24.3 Å². The van der Waals surface area contributed by atoms with E-state index in [9.17, 15) is 14.7 Å². The highest BCUT2D eigenvalue weighted by atomic mass is 16.4. The smallest absolute Gasteiger partial charge is 0.311 e. The molecule has 0 radical (unpaired) electrons. The zero-order chi connectivity index (χ0) is 15.3. The van der Waals surface area contributed by atoms with Crippen LogP contribution in [0.3, 0.4) is 0 Å². The lowest BCUT2D eigenvalue weighted by Gasteiger charge is -2.24. The quantitative estimate of drug-likeness (QED) is 0.846. The molecule has 1 fully saturated rings. The van der Waals surface area contributed by atoms with Gasteiger partial charge in [-0.05, 0) is 37.3 Å². The molecule has 0 bridgehead atoms. The second-order valence-corrected chi connectivity index (χ2v) is 6.00. The number of nitrogens with one attached hydrogen (secondary N) is 1. The van der Waals surface area contributed by atoms with Crippen LogP contribution < -0.4 is 5.32 Å². The van der Waals surface area contributed by atoms with Crippen molar-refractivity contribution in [3.05, 3.63) is 35.4 Å². The molecule has 0 spiro atoms. The molecule has 1 saturated carbocycles. The van der Waals surface area contributed by atoms with Gasteiger partial charge in [0.25, 0.3) is 0 Å². The van der Waals surface area contributed by atoms with Gasteiger partial charge in [-0.25, -0.2) is 0 Å². The van der Waals surface area contributed by atoms with E-state index in [-0.39, 0.29) is 12.5 Å². The van der Waals surface area contributed by atoms with Crippen molar-refractivity contribution in [2.24, 2.45) is 5.41 Å². The Morgan fingerprint density at radius 3 is 2.52 bits per heavy atom. The third-order valence-corrected chi connectivity index (χ3v) is 4.52. The Kier molecular flexibility index (Phi) is 4.99. The second-order valence-electron chi connectivity index (χ2n) is 6.00. The van der Waals surface area contributed by atoms with Gasteiger partial charge in [-0.15, -0.1) is 0 Å². The molecule has 1 aromatic carbocycles. The Morgan fingerprint density at radius 2 is 1.90 bits per heavy atom.